The predicted octanol–water partition coefficient (Wildman–Crippen LogP) is 2.01. The molecule has 1 spiro atoms. The Hall–Kier alpha value is -2.78. The highest BCUT2D eigenvalue weighted by Gasteiger charge is 2.58. The van der Waals surface area contributed by atoms with Gasteiger partial charge in [0.25, 0.3) is 0 Å². The molecule has 1 fully saturated rings. The zero-order valence-electron chi connectivity index (χ0n) is 18.6. The van der Waals surface area contributed by atoms with Gasteiger partial charge in [0.2, 0.25) is 5.79 Å². The van der Waals surface area contributed by atoms with Gasteiger partial charge in [-0.25, -0.2) is 0 Å². The molecule has 4 N–H and O–H groups in total. The first-order chi connectivity index (χ1) is 16.5. The van der Waals surface area contributed by atoms with Gasteiger partial charge in [-0.05, 0) is 46.9 Å². The van der Waals surface area contributed by atoms with Gasteiger partial charge in [-0.2, -0.15) is 0 Å². The second-order valence-electron chi connectivity index (χ2n) is 8.81. The summed E-state index contributed by atoms with van der Waals surface area (Å²) < 4.78 is 17.6. The number of aliphatic hydroxyl groups is 4. The Morgan fingerprint density at radius 3 is 2.41 bits per heavy atom. The van der Waals surface area contributed by atoms with Crippen LogP contribution < -0.4 is 4.74 Å². The number of fused-ring (bicyclic) bond motifs is 2. The zero-order valence-corrected chi connectivity index (χ0v) is 18.6. The third-order valence-electron chi connectivity index (χ3n) is 6.50. The van der Waals surface area contributed by atoms with Gasteiger partial charge in [0.05, 0.1) is 13.2 Å². The Morgan fingerprint density at radius 1 is 0.853 bits per heavy atom. The number of hydrogen-bond donors (Lipinski definition) is 4. The third kappa shape index (κ3) is 4.22. The van der Waals surface area contributed by atoms with E-state index in [0.29, 0.717) is 18.6 Å². The molecule has 0 bridgehead atoms. The van der Waals surface area contributed by atoms with Gasteiger partial charge in [-0.1, -0.05) is 54.6 Å². The average molecular weight is 465 g/mol. The third-order valence-corrected chi connectivity index (χ3v) is 6.50. The lowest BCUT2D eigenvalue weighted by Gasteiger charge is -2.46. The van der Waals surface area contributed by atoms with Crippen molar-refractivity contribution in [2.45, 2.75) is 49.8 Å². The highest BCUT2D eigenvalue weighted by Crippen LogP contribution is 2.46. The summed E-state index contributed by atoms with van der Waals surface area (Å²) >= 11 is 0. The molecule has 0 amide bonds. The molecule has 0 aromatic heterocycles. The van der Waals surface area contributed by atoms with E-state index in [1.807, 2.05) is 72.8 Å². The number of benzene rings is 3. The van der Waals surface area contributed by atoms with Crippen molar-refractivity contribution < 1.29 is 34.6 Å². The predicted molar refractivity (Wildman–Crippen MR) is 123 cm³/mol. The van der Waals surface area contributed by atoms with Crippen molar-refractivity contribution >= 4 is 0 Å². The van der Waals surface area contributed by atoms with E-state index in [4.69, 9.17) is 14.2 Å². The van der Waals surface area contributed by atoms with E-state index in [1.54, 1.807) is 0 Å². The van der Waals surface area contributed by atoms with Crippen LogP contribution in [-0.4, -0.2) is 51.4 Å². The molecular formula is C27H28O7. The first kappa shape index (κ1) is 23.0. The van der Waals surface area contributed by atoms with E-state index in [9.17, 15) is 20.4 Å². The molecule has 3 aromatic rings. The summed E-state index contributed by atoms with van der Waals surface area (Å²) in [5, 5.41) is 40.9. The van der Waals surface area contributed by atoms with Crippen molar-refractivity contribution in [1.29, 1.82) is 0 Å². The topological polar surface area (TPSA) is 109 Å². The quantitative estimate of drug-likeness (QED) is 0.442. The first-order valence-corrected chi connectivity index (χ1v) is 11.3. The molecule has 2 aliphatic heterocycles. The minimum atomic E-state index is -1.64. The SMILES string of the molecule is OC[C@H]1OC2(OCc3ccc(Cc4cccc(OCc5ccccc5)c4)cc32)[C@H](O)[C@@H](O)[C@@H]1O. The van der Waals surface area contributed by atoms with Crippen LogP contribution in [0.4, 0.5) is 0 Å². The molecule has 0 aliphatic carbocycles. The van der Waals surface area contributed by atoms with Crippen LogP contribution in [-0.2, 0) is 34.9 Å². The summed E-state index contributed by atoms with van der Waals surface area (Å²) in [5.41, 5.74) is 4.52. The molecule has 1 saturated heterocycles. The van der Waals surface area contributed by atoms with E-state index >= 15 is 0 Å². The second kappa shape index (κ2) is 9.46. The monoisotopic (exact) mass is 464 g/mol. The molecule has 34 heavy (non-hydrogen) atoms. The molecule has 5 rings (SSSR count). The fourth-order valence-corrected chi connectivity index (χ4v) is 4.65. The Bertz CT molecular complexity index is 1130. The fourth-order valence-electron chi connectivity index (χ4n) is 4.65. The summed E-state index contributed by atoms with van der Waals surface area (Å²) in [5.74, 6) is -0.867. The van der Waals surface area contributed by atoms with E-state index in [0.717, 1.165) is 28.0 Å². The number of rotatable bonds is 6. The van der Waals surface area contributed by atoms with Crippen molar-refractivity contribution in [3.05, 3.63) is 101 Å². The minimum Gasteiger partial charge on any atom is -0.489 e. The average Bonchev–Trinajstić information content (AvgIpc) is 3.23. The van der Waals surface area contributed by atoms with Crippen molar-refractivity contribution in [1.82, 2.24) is 0 Å². The summed E-state index contributed by atoms with van der Waals surface area (Å²) in [7, 11) is 0. The maximum atomic E-state index is 10.8. The van der Waals surface area contributed by atoms with Gasteiger partial charge in [0, 0.05) is 5.56 Å². The van der Waals surface area contributed by atoms with Crippen molar-refractivity contribution in [2.75, 3.05) is 6.61 Å². The Balaban J connectivity index is 1.36. The van der Waals surface area contributed by atoms with Gasteiger partial charge in [-0.15, -0.1) is 0 Å². The first-order valence-electron chi connectivity index (χ1n) is 11.3. The van der Waals surface area contributed by atoms with Crippen LogP contribution in [0, 0.1) is 0 Å². The van der Waals surface area contributed by atoms with Crippen molar-refractivity contribution in [3.8, 4) is 5.75 Å². The van der Waals surface area contributed by atoms with Crippen LogP contribution in [0.1, 0.15) is 27.8 Å². The van der Waals surface area contributed by atoms with E-state index in [-0.39, 0.29) is 6.61 Å². The molecule has 2 heterocycles. The zero-order chi connectivity index (χ0) is 23.7. The lowest BCUT2D eigenvalue weighted by molar-refractivity contribution is -0.368. The molecule has 5 atom stereocenters. The van der Waals surface area contributed by atoms with E-state index in [1.165, 1.54) is 0 Å². The summed E-state index contributed by atoms with van der Waals surface area (Å²) in [6, 6.07) is 23.7. The molecule has 2 aliphatic rings. The van der Waals surface area contributed by atoms with Gasteiger partial charge in [0.1, 0.15) is 36.8 Å². The van der Waals surface area contributed by atoms with Gasteiger partial charge in [0.15, 0.2) is 0 Å². The van der Waals surface area contributed by atoms with Crippen LogP contribution in [0.15, 0.2) is 72.8 Å². The molecular weight excluding hydrogens is 436 g/mol. The van der Waals surface area contributed by atoms with Gasteiger partial charge < -0.3 is 34.6 Å². The normalized spacial score (nSPS) is 28.1. The fraction of sp³-hybridized carbons (Fsp3) is 0.333. The summed E-state index contributed by atoms with van der Waals surface area (Å²) in [6.45, 7) is 0.162. The molecule has 3 aromatic carbocycles. The Labute approximate surface area is 197 Å². The number of aliphatic hydroxyl groups excluding tert-OH is 4. The molecule has 178 valence electrons. The van der Waals surface area contributed by atoms with Crippen LogP contribution >= 0.6 is 0 Å². The van der Waals surface area contributed by atoms with Gasteiger partial charge >= 0.3 is 0 Å². The number of ether oxygens (including phenoxy) is 3. The molecule has 7 nitrogen and oxygen atoms in total. The number of hydrogen-bond acceptors (Lipinski definition) is 7. The Kier molecular flexibility index (Phi) is 6.40. The summed E-state index contributed by atoms with van der Waals surface area (Å²) in [4.78, 5) is 0. The maximum absolute atomic E-state index is 10.8. The minimum absolute atomic E-state index is 0.191. The van der Waals surface area contributed by atoms with Crippen LogP contribution in [0.3, 0.4) is 0 Å². The molecule has 1 unspecified atom stereocenters. The smallest absolute Gasteiger partial charge is 0.225 e. The highest BCUT2D eigenvalue weighted by atomic mass is 16.7. The van der Waals surface area contributed by atoms with Crippen LogP contribution in [0.25, 0.3) is 0 Å². The molecule has 0 saturated carbocycles. The lowest BCUT2D eigenvalue weighted by atomic mass is 9.86. The molecule has 7 heteroatoms. The van der Waals surface area contributed by atoms with Crippen molar-refractivity contribution in [3.63, 3.8) is 0 Å². The highest BCUT2D eigenvalue weighted by molar-refractivity contribution is 5.41. The van der Waals surface area contributed by atoms with E-state index < -0.39 is 36.8 Å². The van der Waals surface area contributed by atoms with E-state index in [2.05, 4.69) is 0 Å². The van der Waals surface area contributed by atoms with Crippen LogP contribution in [0.2, 0.25) is 0 Å². The largest absolute Gasteiger partial charge is 0.489 e. The maximum Gasteiger partial charge on any atom is 0.225 e. The molecule has 0 radical (unpaired) electrons. The van der Waals surface area contributed by atoms with Crippen molar-refractivity contribution in [2.24, 2.45) is 0 Å². The lowest BCUT2D eigenvalue weighted by Crippen LogP contribution is -2.63. The Morgan fingerprint density at radius 2 is 1.62 bits per heavy atom. The summed E-state index contributed by atoms with van der Waals surface area (Å²) in [6.07, 6.45) is -4.90. The van der Waals surface area contributed by atoms with Gasteiger partial charge in [-0.3, -0.25) is 0 Å². The second-order valence-corrected chi connectivity index (χ2v) is 8.81. The standard InChI is InChI=1S/C27H28O7/c28-14-23-24(29)25(30)26(31)27(34-23)22-13-19(9-10-20(22)16-33-27)11-18-7-4-8-21(12-18)32-15-17-5-2-1-3-6-17/h1-10,12-13,23-26,28-31H,11,14-16H2/t23-,24-,25+,26-,27?/m1/s1. The van der Waals surface area contributed by atoms with Crippen LogP contribution in [0.5, 0.6) is 5.75 Å².